The van der Waals surface area contributed by atoms with Crippen LogP contribution in [0.1, 0.15) is 19.4 Å². The molecule has 1 rings (SSSR count). The Labute approximate surface area is 120 Å². The van der Waals surface area contributed by atoms with Gasteiger partial charge in [0, 0.05) is 11.9 Å². The first kappa shape index (κ1) is 16.7. The van der Waals surface area contributed by atoms with E-state index in [1.807, 2.05) is 19.1 Å². The maximum Gasteiger partial charge on any atom is 0.190 e. The number of benzene rings is 1. The SMILES string of the molecule is CCS(=O)(=O)C(=CNc1ccc(C)cc1)S(=O)(=O)CC. The van der Waals surface area contributed by atoms with Crippen LogP contribution in [0.3, 0.4) is 0 Å². The number of aryl methyl sites for hydroxylation is 1. The van der Waals surface area contributed by atoms with E-state index in [0.29, 0.717) is 5.69 Å². The predicted octanol–water partition coefficient (Wildman–Crippen LogP) is 2.08. The lowest BCUT2D eigenvalue weighted by Gasteiger charge is -2.08. The molecule has 0 spiro atoms. The zero-order valence-corrected chi connectivity index (χ0v) is 13.4. The van der Waals surface area contributed by atoms with Gasteiger partial charge in [-0.05, 0) is 19.1 Å². The number of nitrogens with one attached hydrogen (secondary N) is 1. The molecule has 0 heterocycles. The molecular formula is C13H19NO4S2. The molecule has 0 radical (unpaired) electrons. The fourth-order valence-corrected chi connectivity index (χ4v) is 4.75. The highest BCUT2D eigenvalue weighted by Gasteiger charge is 2.27. The van der Waals surface area contributed by atoms with Gasteiger partial charge >= 0.3 is 0 Å². The molecule has 112 valence electrons. The molecular weight excluding hydrogens is 298 g/mol. The second-order valence-electron chi connectivity index (χ2n) is 4.28. The van der Waals surface area contributed by atoms with Crippen molar-refractivity contribution in [1.29, 1.82) is 0 Å². The van der Waals surface area contributed by atoms with E-state index in [0.717, 1.165) is 11.8 Å². The molecule has 0 fully saturated rings. The first-order valence-corrected chi connectivity index (χ1v) is 9.52. The third-order valence-electron chi connectivity index (χ3n) is 2.78. The van der Waals surface area contributed by atoms with Crippen molar-refractivity contribution >= 4 is 25.4 Å². The highest BCUT2D eigenvalue weighted by molar-refractivity contribution is 8.14. The minimum absolute atomic E-state index is 0.256. The number of rotatable bonds is 6. The first-order chi connectivity index (χ1) is 9.23. The second kappa shape index (κ2) is 6.41. The van der Waals surface area contributed by atoms with E-state index in [1.165, 1.54) is 13.8 Å². The lowest BCUT2D eigenvalue weighted by molar-refractivity contribution is 0.596. The quantitative estimate of drug-likeness (QED) is 0.869. The maximum absolute atomic E-state index is 11.9. The van der Waals surface area contributed by atoms with Crippen LogP contribution in [0.4, 0.5) is 5.69 Å². The zero-order valence-electron chi connectivity index (χ0n) is 11.8. The van der Waals surface area contributed by atoms with E-state index in [4.69, 9.17) is 0 Å². The third kappa shape index (κ3) is 4.08. The van der Waals surface area contributed by atoms with Crippen LogP contribution in [0.25, 0.3) is 0 Å². The van der Waals surface area contributed by atoms with Crippen molar-refractivity contribution < 1.29 is 16.8 Å². The van der Waals surface area contributed by atoms with Gasteiger partial charge in [-0.3, -0.25) is 0 Å². The van der Waals surface area contributed by atoms with Gasteiger partial charge in [0.25, 0.3) is 0 Å². The summed E-state index contributed by atoms with van der Waals surface area (Å²) in [7, 11) is -7.60. The van der Waals surface area contributed by atoms with Gasteiger partial charge in [0.2, 0.25) is 0 Å². The van der Waals surface area contributed by atoms with E-state index in [1.54, 1.807) is 12.1 Å². The average molecular weight is 317 g/mol. The summed E-state index contributed by atoms with van der Waals surface area (Å²) in [6.45, 7) is 4.76. The van der Waals surface area contributed by atoms with Crippen LogP contribution in [0, 0.1) is 6.92 Å². The summed E-state index contributed by atoms with van der Waals surface area (Å²) >= 11 is 0. The molecule has 0 aliphatic heterocycles. The lowest BCUT2D eigenvalue weighted by atomic mass is 10.2. The number of anilines is 1. The van der Waals surface area contributed by atoms with Crippen molar-refractivity contribution in [2.24, 2.45) is 0 Å². The topological polar surface area (TPSA) is 80.3 Å². The fourth-order valence-electron chi connectivity index (χ4n) is 1.45. The molecule has 0 unspecified atom stereocenters. The van der Waals surface area contributed by atoms with Crippen molar-refractivity contribution in [2.75, 3.05) is 16.8 Å². The van der Waals surface area contributed by atoms with Gasteiger partial charge in [-0.25, -0.2) is 16.8 Å². The molecule has 0 aromatic heterocycles. The molecule has 5 nitrogen and oxygen atoms in total. The second-order valence-corrected chi connectivity index (χ2v) is 9.03. The zero-order chi connectivity index (χ0) is 15.4. The summed E-state index contributed by atoms with van der Waals surface area (Å²) in [6.07, 6.45) is 1.06. The summed E-state index contributed by atoms with van der Waals surface area (Å²) in [5.74, 6) is -0.513. The Balaban J connectivity index is 3.19. The third-order valence-corrected chi connectivity index (χ3v) is 7.29. The molecule has 20 heavy (non-hydrogen) atoms. The van der Waals surface area contributed by atoms with E-state index in [-0.39, 0.29) is 11.5 Å². The van der Waals surface area contributed by atoms with Gasteiger partial charge < -0.3 is 5.32 Å². The summed E-state index contributed by atoms with van der Waals surface area (Å²) < 4.78 is 47.0. The van der Waals surface area contributed by atoms with Gasteiger partial charge in [0.15, 0.2) is 23.9 Å². The number of hydrogen-bond acceptors (Lipinski definition) is 5. The smallest absolute Gasteiger partial charge is 0.190 e. The number of sulfone groups is 2. The highest BCUT2D eigenvalue weighted by atomic mass is 32.3. The van der Waals surface area contributed by atoms with Crippen LogP contribution in [0.5, 0.6) is 0 Å². The van der Waals surface area contributed by atoms with Crippen molar-refractivity contribution in [3.63, 3.8) is 0 Å². The molecule has 1 aromatic rings. The van der Waals surface area contributed by atoms with E-state index < -0.39 is 23.9 Å². The maximum atomic E-state index is 11.9. The summed E-state index contributed by atoms with van der Waals surface area (Å²) in [5, 5.41) is 2.73. The monoisotopic (exact) mass is 317 g/mol. The Morgan fingerprint density at radius 2 is 1.45 bits per heavy atom. The highest BCUT2D eigenvalue weighted by Crippen LogP contribution is 2.18. The van der Waals surface area contributed by atoms with Crippen LogP contribution in [0.2, 0.25) is 0 Å². The number of hydrogen-bond donors (Lipinski definition) is 1. The molecule has 0 atom stereocenters. The lowest BCUT2D eigenvalue weighted by Crippen LogP contribution is -2.18. The van der Waals surface area contributed by atoms with E-state index in [2.05, 4.69) is 5.32 Å². The molecule has 0 amide bonds. The van der Waals surface area contributed by atoms with Crippen LogP contribution in [0.15, 0.2) is 34.7 Å². The Morgan fingerprint density at radius 1 is 1.00 bits per heavy atom. The molecule has 0 saturated heterocycles. The summed E-state index contributed by atoms with van der Waals surface area (Å²) in [6, 6.07) is 7.19. The molecule has 0 aliphatic carbocycles. The van der Waals surface area contributed by atoms with Gasteiger partial charge in [0.1, 0.15) is 0 Å². The van der Waals surface area contributed by atoms with Crippen LogP contribution in [-0.4, -0.2) is 28.3 Å². The fraction of sp³-hybridized carbons (Fsp3) is 0.385. The van der Waals surface area contributed by atoms with Gasteiger partial charge in [-0.1, -0.05) is 31.5 Å². The standard InChI is InChI=1S/C13H19NO4S2/c1-4-19(15,16)13(20(17,18)5-2)10-14-12-8-6-11(3)7-9-12/h6-10,14H,4-5H2,1-3H3. The van der Waals surface area contributed by atoms with Gasteiger partial charge in [-0.15, -0.1) is 0 Å². The molecule has 7 heteroatoms. The summed E-state index contributed by atoms with van der Waals surface area (Å²) in [4.78, 5) is 0. The Hall–Kier alpha value is -1.34. The normalized spacial score (nSPS) is 11.9. The Morgan fingerprint density at radius 3 is 1.85 bits per heavy atom. The summed E-state index contributed by atoms with van der Waals surface area (Å²) in [5.41, 5.74) is 1.69. The van der Waals surface area contributed by atoms with Crippen molar-refractivity contribution in [3.8, 4) is 0 Å². The average Bonchev–Trinajstić information content (AvgIpc) is 2.40. The molecule has 1 aromatic carbocycles. The molecule has 0 aliphatic rings. The predicted molar refractivity (Wildman–Crippen MR) is 81.8 cm³/mol. The van der Waals surface area contributed by atoms with Crippen molar-refractivity contribution in [2.45, 2.75) is 20.8 Å². The molecule has 1 N–H and O–H groups in total. The minimum Gasteiger partial charge on any atom is -0.360 e. The molecule has 0 saturated carbocycles. The van der Waals surface area contributed by atoms with E-state index >= 15 is 0 Å². The van der Waals surface area contributed by atoms with Crippen molar-refractivity contribution in [1.82, 2.24) is 0 Å². The Kier molecular flexibility index (Phi) is 5.35. The largest absolute Gasteiger partial charge is 0.360 e. The minimum atomic E-state index is -3.80. The van der Waals surface area contributed by atoms with Gasteiger partial charge in [0.05, 0.1) is 11.5 Å². The Bertz CT molecular complexity index is 650. The first-order valence-electron chi connectivity index (χ1n) is 6.22. The van der Waals surface area contributed by atoms with Crippen molar-refractivity contribution in [3.05, 3.63) is 40.3 Å². The van der Waals surface area contributed by atoms with E-state index in [9.17, 15) is 16.8 Å². The van der Waals surface area contributed by atoms with Gasteiger partial charge in [-0.2, -0.15) is 0 Å². The van der Waals surface area contributed by atoms with Crippen LogP contribution in [-0.2, 0) is 19.7 Å². The molecule has 0 bridgehead atoms. The van der Waals surface area contributed by atoms with Crippen LogP contribution < -0.4 is 5.32 Å². The van der Waals surface area contributed by atoms with Crippen LogP contribution >= 0.6 is 0 Å².